The van der Waals surface area contributed by atoms with Crippen LogP contribution in [-0.2, 0) is 11.1 Å². The fraction of sp³-hybridized carbons (Fsp3) is 0.571. The third-order valence-electron chi connectivity index (χ3n) is 3.96. The Kier molecular flexibility index (Phi) is 3.20. The van der Waals surface area contributed by atoms with E-state index in [4.69, 9.17) is 0 Å². The second kappa shape index (κ2) is 4.14. The zero-order valence-electron chi connectivity index (χ0n) is 12.0. The van der Waals surface area contributed by atoms with Gasteiger partial charge in [0, 0.05) is 5.56 Å². The summed E-state index contributed by atoms with van der Waals surface area (Å²) in [6.07, 6.45) is 0. The third-order valence-corrected chi connectivity index (χ3v) is 3.96. The summed E-state index contributed by atoms with van der Waals surface area (Å²) in [4.78, 5) is 0. The number of hydrogen-bond donors (Lipinski definition) is 0. The molecule has 1 aliphatic rings. The molecule has 0 amide bonds. The van der Waals surface area contributed by atoms with Gasteiger partial charge in [0.05, 0.1) is 5.56 Å². The first-order chi connectivity index (χ1) is 9.64. The van der Waals surface area contributed by atoms with Crippen LogP contribution >= 0.6 is 0 Å². The highest BCUT2D eigenvalue weighted by molar-refractivity contribution is 5.48. The van der Waals surface area contributed by atoms with E-state index in [1.54, 1.807) is 0 Å². The molecule has 0 aliphatic heterocycles. The van der Waals surface area contributed by atoms with Crippen molar-refractivity contribution in [2.45, 2.75) is 50.4 Å². The Morgan fingerprint density at radius 3 is 1.27 bits per heavy atom. The Hall–Kier alpha value is -1.34. The van der Waals surface area contributed by atoms with E-state index in [9.17, 15) is 35.1 Å². The molecule has 124 valence electrons. The van der Waals surface area contributed by atoms with Gasteiger partial charge in [0.15, 0.2) is 23.3 Å². The zero-order chi connectivity index (χ0) is 17.5. The molecule has 1 fully saturated rings. The molecule has 0 N–H and O–H groups in total. The summed E-state index contributed by atoms with van der Waals surface area (Å²) in [6.45, 7) is 3.70. The number of hydrogen-bond acceptors (Lipinski definition) is 0. The van der Waals surface area contributed by atoms with E-state index in [0.29, 0.717) is 0 Å². The maximum absolute atomic E-state index is 14.2. The Labute approximate surface area is 121 Å². The van der Waals surface area contributed by atoms with Crippen molar-refractivity contribution >= 4 is 0 Å². The van der Waals surface area contributed by atoms with Crippen molar-refractivity contribution < 1.29 is 35.1 Å². The van der Waals surface area contributed by atoms with Crippen LogP contribution in [0.3, 0.4) is 0 Å². The van der Waals surface area contributed by atoms with E-state index in [0.717, 1.165) is 0 Å². The second-order valence-electron chi connectivity index (χ2n) is 6.49. The second-order valence-corrected chi connectivity index (χ2v) is 6.49. The number of rotatable bonds is 1. The van der Waals surface area contributed by atoms with Crippen molar-refractivity contribution in [2.24, 2.45) is 0 Å². The predicted molar refractivity (Wildman–Crippen MR) is 62.2 cm³/mol. The fourth-order valence-corrected chi connectivity index (χ4v) is 2.54. The number of alkyl halides is 4. The highest BCUT2D eigenvalue weighted by Crippen LogP contribution is 2.73. The molecule has 0 radical (unpaired) electrons. The van der Waals surface area contributed by atoms with Crippen LogP contribution in [0.5, 0.6) is 0 Å². The molecule has 0 nitrogen and oxygen atoms in total. The lowest BCUT2D eigenvalue weighted by Gasteiger charge is -2.23. The SMILES string of the molecule is CC(C)(C)c1c(F)c(F)c(C2(F)C(C)(F)C2(F)F)c(F)c1F. The Bertz CT molecular complexity index is 611. The standard InChI is InChI=1S/C14H12F8/c1-11(2,3)5-7(15)9(17)6(10(18)8(5)16)13(20)12(4,19)14(13,21)22/h1-4H3. The molecule has 0 heterocycles. The summed E-state index contributed by atoms with van der Waals surface area (Å²) < 4.78 is 110. The largest absolute Gasteiger partial charge is 0.325 e. The van der Waals surface area contributed by atoms with Crippen LogP contribution in [0.1, 0.15) is 38.8 Å². The van der Waals surface area contributed by atoms with Crippen LogP contribution in [0.2, 0.25) is 0 Å². The van der Waals surface area contributed by atoms with Gasteiger partial charge in [-0.25, -0.2) is 26.3 Å². The molecule has 22 heavy (non-hydrogen) atoms. The topological polar surface area (TPSA) is 0 Å². The molecule has 0 saturated heterocycles. The zero-order valence-corrected chi connectivity index (χ0v) is 12.0. The summed E-state index contributed by atoms with van der Waals surface area (Å²) in [7, 11) is 0. The van der Waals surface area contributed by atoms with E-state index in [1.807, 2.05) is 0 Å². The lowest BCUT2D eigenvalue weighted by molar-refractivity contribution is 0.0246. The Morgan fingerprint density at radius 2 is 1.05 bits per heavy atom. The molecule has 0 aromatic heterocycles. The van der Waals surface area contributed by atoms with Gasteiger partial charge in [-0.05, 0) is 12.3 Å². The van der Waals surface area contributed by atoms with Gasteiger partial charge in [0.2, 0.25) is 11.3 Å². The van der Waals surface area contributed by atoms with Crippen molar-refractivity contribution in [3.05, 3.63) is 34.4 Å². The molecule has 0 spiro atoms. The van der Waals surface area contributed by atoms with Gasteiger partial charge in [-0.2, -0.15) is 8.78 Å². The summed E-state index contributed by atoms with van der Waals surface area (Å²) in [5, 5.41) is 0. The summed E-state index contributed by atoms with van der Waals surface area (Å²) >= 11 is 0. The molecule has 2 atom stereocenters. The molecule has 2 unspecified atom stereocenters. The minimum atomic E-state index is -4.80. The molecule has 2 rings (SSSR count). The maximum atomic E-state index is 14.2. The molecule has 1 aromatic carbocycles. The van der Waals surface area contributed by atoms with E-state index in [1.165, 1.54) is 20.8 Å². The minimum Gasteiger partial charge on any atom is -0.233 e. The van der Waals surface area contributed by atoms with E-state index >= 15 is 0 Å². The van der Waals surface area contributed by atoms with Crippen molar-refractivity contribution in [1.82, 2.24) is 0 Å². The third kappa shape index (κ3) is 1.64. The van der Waals surface area contributed by atoms with Crippen LogP contribution in [-0.4, -0.2) is 11.6 Å². The van der Waals surface area contributed by atoms with Crippen LogP contribution < -0.4 is 0 Å². The van der Waals surface area contributed by atoms with Gasteiger partial charge in [0.25, 0.3) is 0 Å². The molecular weight excluding hydrogens is 320 g/mol. The van der Waals surface area contributed by atoms with E-state index < -0.39 is 57.1 Å². The Balaban J connectivity index is 2.84. The molecular formula is C14H12F8. The Morgan fingerprint density at radius 1 is 0.727 bits per heavy atom. The average molecular weight is 332 g/mol. The van der Waals surface area contributed by atoms with E-state index in [2.05, 4.69) is 0 Å². The average Bonchev–Trinajstić information content (AvgIpc) is 2.64. The maximum Gasteiger partial charge on any atom is 0.325 e. The van der Waals surface area contributed by atoms with Gasteiger partial charge < -0.3 is 0 Å². The molecule has 0 bridgehead atoms. The quantitative estimate of drug-likeness (QED) is 0.497. The highest BCUT2D eigenvalue weighted by atomic mass is 19.3. The fourth-order valence-electron chi connectivity index (χ4n) is 2.54. The first kappa shape index (κ1) is 17.0. The minimum absolute atomic E-state index is 0.0688. The van der Waals surface area contributed by atoms with E-state index in [-0.39, 0.29) is 6.92 Å². The van der Waals surface area contributed by atoms with Gasteiger partial charge in [-0.3, -0.25) is 0 Å². The lowest BCUT2D eigenvalue weighted by Crippen LogP contribution is -2.24. The van der Waals surface area contributed by atoms with Gasteiger partial charge >= 0.3 is 5.92 Å². The molecule has 1 saturated carbocycles. The van der Waals surface area contributed by atoms with Crippen LogP contribution in [0.25, 0.3) is 0 Å². The molecule has 8 heteroatoms. The smallest absolute Gasteiger partial charge is 0.233 e. The lowest BCUT2D eigenvalue weighted by atomic mass is 9.84. The first-order valence-corrected chi connectivity index (χ1v) is 6.26. The summed E-state index contributed by atoms with van der Waals surface area (Å²) in [6, 6.07) is 0. The number of benzene rings is 1. The first-order valence-electron chi connectivity index (χ1n) is 6.26. The van der Waals surface area contributed by atoms with Crippen LogP contribution in [0.15, 0.2) is 0 Å². The molecule has 1 aromatic rings. The normalized spacial score (nSPS) is 30.5. The number of halogens is 8. The van der Waals surface area contributed by atoms with Crippen LogP contribution in [0, 0.1) is 23.3 Å². The summed E-state index contributed by atoms with van der Waals surface area (Å²) in [5.41, 5.74) is -13.2. The van der Waals surface area contributed by atoms with Gasteiger partial charge in [0.1, 0.15) is 0 Å². The van der Waals surface area contributed by atoms with Crippen molar-refractivity contribution in [3.8, 4) is 0 Å². The van der Waals surface area contributed by atoms with Gasteiger partial charge in [-0.15, -0.1) is 0 Å². The van der Waals surface area contributed by atoms with Crippen molar-refractivity contribution in [2.75, 3.05) is 0 Å². The van der Waals surface area contributed by atoms with Crippen molar-refractivity contribution in [1.29, 1.82) is 0 Å². The van der Waals surface area contributed by atoms with Crippen LogP contribution in [0.4, 0.5) is 35.1 Å². The van der Waals surface area contributed by atoms with Crippen molar-refractivity contribution in [3.63, 3.8) is 0 Å². The van der Waals surface area contributed by atoms with Gasteiger partial charge in [-0.1, -0.05) is 20.8 Å². The predicted octanol–water partition coefficient (Wildman–Crippen LogP) is 5.08. The summed E-state index contributed by atoms with van der Waals surface area (Å²) in [5.74, 6) is -13.5. The highest BCUT2D eigenvalue weighted by Gasteiger charge is 2.95. The molecule has 1 aliphatic carbocycles. The monoisotopic (exact) mass is 332 g/mol.